The molecule has 1 saturated heterocycles. The summed E-state index contributed by atoms with van der Waals surface area (Å²) in [5.74, 6) is 0.301. The highest BCUT2D eigenvalue weighted by molar-refractivity contribution is 9.11. The monoisotopic (exact) mass is 464 g/mol. The van der Waals surface area contributed by atoms with Crippen LogP contribution in [0.25, 0.3) is 6.08 Å². The summed E-state index contributed by atoms with van der Waals surface area (Å²) < 4.78 is 7.06. The van der Waals surface area contributed by atoms with Gasteiger partial charge >= 0.3 is 6.03 Å². The Morgan fingerprint density at radius 2 is 1.76 bits per heavy atom. The van der Waals surface area contributed by atoms with Crippen LogP contribution in [0.2, 0.25) is 0 Å². The van der Waals surface area contributed by atoms with E-state index in [0.717, 1.165) is 19.4 Å². The fourth-order valence-electron chi connectivity index (χ4n) is 2.46. The number of hydrogen-bond acceptors (Lipinski definition) is 3. The Bertz CT molecular complexity index is 843. The number of imide groups is 1. The van der Waals surface area contributed by atoms with Crippen molar-refractivity contribution in [1.29, 1.82) is 0 Å². The Morgan fingerprint density at radius 1 is 1.12 bits per heavy atom. The Hall–Kier alpha value is -2.12. The maximum Gasteiger partial charge on any atom is 0.333 e. The van der Waals surface area contributed by atoms with Gasteiger partial charge in [-0.2, -0.15) is 0 Å². The van der Waals surface area contributed by atoms with Gasteiger partial charge < -0.3 is 10.1 Å². The molecule has 0 unspecified atom stereocenters. The van der Waals surface area contributed by atoms with Gasteiger partial charge in [-0.15, -0.1) is 0 Å². The van der Waals surface area contributed by atoms with E-state index in [-0.39, 0.29) is 5.70 Å². The number of carbonyl (C=O) groups is 2. The number of para-hydroxylation sites is 1. The number of halogens is 2. The van der Waals surface area contributed by atoms with Gasteiger partial charge in [0.25, 0.3) is 5.91 Å². The van der Waals surface area contributed by atoms with Crippen molar-refractivity contribution >= 4 is 55.6 Å². The predicted molar refractivity (Wildman–Crippen MR) is 103 cm³/mol. The third-order valence-electron chi connectivity index (χ3n) is 3.51. The van der Waals surface area contributed by atoms with Crippen LogP contribution in [0.1, 0.15) is 12.5 Å². The number of rotatable bonds is 4. The molecule has 7 heteroatoms. The average Bonchev–Trinajstić information content (AvgIpc) is 2.85. The van der Waals surface area contributed by atoms with Crippen molar-refractivity contribution in [1.82, 2.24) is 5.32 Å². The van der Waals surface area contributed by atoms with Gasteiger partial charge in [0.1, 0.15) is 11.4 Å². The molecule has 0 spiro atoms. The largest absolute Gasteiger partial charge is 0.492 e. The lowest BCUT2D eigenvalue weighted by Gasteiger charge is -2.11. The highest BCUT2D eigenvalue weighted by Gasteiger charge is 2.34. The number of carbonyl (C=O) groups excluding carboxylic acids is 2. The standard InChI is InChI=1S/C18H14Br2N2O3/c1-2-25-16-13(19)8-11(9-14(16)20)10-15-17(23)22(18(24)21-15)12-6-4-3-5-7-12/h3-10H,2H2,1H3,(H,21,24)/b15-10+. The van der Waals surface area contributed by atoms with E-state index in [2.05, 4.69) is 37.2 Å². The summed E-state index contributed by atoms with van der Waals surface area (Å²) in [6, 6.07) is 12.0. The minimum atomic E-state index is -0.466. The number of urea groups is 1. The van der Waals surface area contributed by atoms with E-state index in [4.69, 9.17) is 4.74 Å². The third kappa shape index (κ3) is 3.62. The van der Waals surface area contributed by atoms with Crippen molar-refractivity contribution < 1.29 is 14.3 Å². The van der Waals surface area contributed by atoms with Crippen molar-refractivity contribution in [3.05, 3.63) is 62.7 Å². The molecule has 1 N–H and O–H groups in total. The second kappa shape index (κ2) is 7.41. The second-order valence-corrected chi connectivity index (χ2v) is 6.92. The Morgan fingerprint density at radius 3 is 2.36 bits per heavy atom. The number of nitrogens with one attached hydrogen (secondary N) is 1. The molecule has 0 aromatic heterocycles. The molecule has 1 fully saturated rings. The van der Waals surface area contributed by atoms with E-state index in [0.29, 0.717) is 18.0 Å². The fourth-order valence-corrected chi connectivity index (χ4v) is 3.91. The first-order valence-corrected chi connectivity index (χ1v) is 9.14. The van der Waals surface area contributed by atoms with Crippen molar-refractivity contribution in [2.75, 3.05) is 11.5 Å². The van der Waals surface area contributed by atoms with Gasteiger partial charge in [-0.05, 0) is 74.7 Å². The molecule has 5 nitrogen and oxygen atoms in total. The minimum Gasteiger partial charge on any atom is -0.492 e. The average molecular weight is 466 g/mol. The second-order valence-electron chi connectivity index (χ2n) is 5.21. The number of ether oxygens (including phenoxy) is 1. The van der Waals surface area contributed by atoms with E-state index in [1.807, 2.05) is 25.1 Å². The molecule has 25 heavy (non-hydrogen) atoms. The minimum absolute atomic E-state index is 0.219. The van der Waals surface area contributed by atoms with Crippen LogP contribution in [0, 0.1) is 0 Å². The predicted octanol–water partition coefficient (Wildman–Crippen LogP) is 4.71. The van der Waals surface area contributed by atoms with E-state index in [1.165, 1.54) is 0 Å². The summed E-state index contributed by atoms with van der Waals surface area (Å²) in [5.41, 5.74) is 1.50. The molecule has 128 valence electrons. The van der Waals surface area contributed by atoms with Gasteiger partial charge in [-0.25, -0.2) is 9.69 Å². The maximum atomic E-state index is 12.6. The van der Waals surface area contributed by atoms with Crippen LogP contribution >= 0.6 is 31.9 Å². The molecule has 2 aromatic rings. The van der Waals surface area contributed by atoms with Crippen LogP contribution in [0.15, 0.2) is 57.1 Å². The lowest BCUT2D eigenvalue weighted by molar-refractivity contribution is -0.113. The molecule has 1 aliphatic heterocycles. The van der Waals surface area contributed by atoms with Crippen molar-refractivity contribution in [3.63, 3.8) is 0 Å². The van der Waals surface area contributed by atoms with Crippen LogP contribution in [-0.2, 0) is 4.79 Å². The SMILES string of the molecule is CCOc1c(Br)cc(/C=C2/NC(=O)N(c3ccccc3)C2=O)cc1Br. The summed E-state index contributed by atoms with van der Waals surface area (Å²) >= 11 is 6.91. The number of anilines is 1. The quantitative estimate of drug-likeness (QED) is 0.525. The van der Waals surface area contributed by atoms with E-state index in [1.54, 1.807) is 30.3 Å². The maximum absolute atomic E-state index is 12.6. The molecular weight excluding hydrogens is 452 g/mol. The zero-order valence-electron chi connectivity index (χ0n) is 13.3. The smallest absolute Gasteiger partial charge is 0.333 e. The van der Waals surface area contributed by atoms with E-state index < -0.39 is 11.9 Å². The molecular formula is C18H14Br2N2O3. The number of benzene rings is 2. The first-order chi connectivity index (χ1) is 12.0. The van der Waals surface area contributed by atoms with E-state index in [9.17, 15) is 9.59 Å². The zero-order valence-corrected chi connectivity index (χ0v) is 16.4. The number of hydrogen-bond donors (Lipinski definition) is 1. The molecule has 3 amide bonds. The first kappa shape index (κ1) is 17.7. The lowest BCUT2D eigenvalue weighted by atomic mass is 10.2. The Kier molecular flexibility index (Phi) is 5.24. The molecule has 0 radical (unpaired) electrons. The molecule has 0 atom stereocenters. The summed E-state index contributed by atoms with van der Waals surface area (Å²) in [6.07, 6.45) is 1.63. The zero-order chi connectivity index (χ0) is 18.0. The molecule has 0 aliphatic carbocycles. The van der Waals surface area contributed by atoms with Gasteiger partial charge in [0.15, 0.2) is 0 Å². The van der Waals surface area contributed by atoms with Gasteiger partial charge in [-0.3, -0.25) is 4.79 Å². The lowest BCUT2D eigenvalue weighted by Crippen LogP contribution is -2.30. The van der Waals surface area contributed by atoms with Crippen LogP contribution in [0.3, 0.4) is 0 Å². The topological polar surface area (TPSA) is 58.6 Å². The summed E-state index contributed by atoms with van der Waals surface area (Å²) in [4.78, 5) is 25.9. The summed E-state index contributed by atoms with van der Waals surface area (Å²) in [5, 5.41) is 2.62. The normalized spacial score (nSPS) is 15.6. The fraction of sp³-hybridized carbons (Fsp3) is 0.111. The molecule has 0 saturated carbocycles. The third-order valence-corrected chi connectivity index (χ3v) is 4.69. The van der Waals surface area contributed by atoms with Crippen LogP contribution in [0.4, 0.5) is 10.5 Å². The number of amides is 3. The number of nitrogens with zero attached hydrogens (tertiary/aromatic N) is 1. The van der Waals surface area contributed by atoms with Crippen LogP contribution < -0.4 is 15.0 Å². The van der Waals surface area contributed by atoms with Crippen molar-refractivity contribution in [2.45, 2.75) is 6.92 Å². The first-order valence-electron chi connectivity index (χ1n) is 7.55. The van der Waals surface area contributed by atoms with Gasteiger partial charge in [-0.1, -0.05) is 18.2 Å². The molecule has 1 heterocycles. The Labute approximate surface area is 161 Å². The van der Waals surface area contributed by atoms with E-state index >= 15 is 0 Å². The molecule has 2 aromatic carbocycles. The van der Waals surface area contributed by atoms with Crippen LogP contribution in [-0.4, -0.2) is 18.5 Å². The van der Waals surface area contributed by atoms with Crippen molar-refractivity contribution in [3.8, 4) is 5.75 Å². The van der Waals surface area contributed by atoms with Crippen molar-refractivity contribution in [2.24, 2.45) is 0 Å². The summed E-state index contributed by atoms with van der Waals surface area (Å²) in [6.45, 7) is 2.44. The van der Waals surface area contributed by atoms with Gasteiger partial charge in [0.2, 0.25) is 0 Å². The molecule has 0 bridgehead atoms. The van der Waals surface area contributed by atoms with Gasteiger partial charge in [0.05, 0.1) is 21.2 Å². The highest BCUT2D eigenvalue weighted by Crippen LogP contribution is 2.35. The molecule has 3 rings (SSSR count). The van der Waals surface area contributed by atoms with Crippen LogP contribution in [0.5, 0.6) is 5.75 Å². The summed E-state index contributed by atoms with van der Waals surface area (Å²) in [7, 11) is 0. The highest BCUT2D eigenvalue weighted by atomic mass is 79.9. The Balaban J connectivity index is 1.93. The van der Waals surface area contributed by atoms with Gasteiger partial charge in [0, 0.05) is 0 Å². The molecule has 1 aliphatic rings.